The van der Waals surface area contributed by atoms with Crippen molar-refractivity contribution in [3.05, 3.63) is 24.6 Å². The number of pyridine rings is 1. The van der Waals surface area contributed by atoms with Crippen molar-refractivity contribution in [1.82, 2.24) is 4.98 Å². The summed E-state index contributed by atoms with van der Waals surface area (Å²) in [5, 5.41) is 1.33. The Labute approximate surface area is 134 Å². The first kappa shape index (κ1) is 17.0. The van der Waals surface area contributed by atoms with E-state index in [1.807, 2.05) is 12.1 Å². The largest absolute Gasteiger partial charge is 0.464 e. The van der Waals surface area contributed by atoms with E-state index in [0.29, 0.717) is 0 Å². The van der Waals surface area contributed by atoms with Crippen molar-refractivity contribution >= 4 is 25.1 Å². The zero-order valence-electron chi connectivity index (χ0n) is 14.6. The minimum atomic E-state index is -1.64. The minimum absolute atomic E-state index is 0.267. The summed E-state index contributed by atoms with van der Waals surface area (Å²) < 4.78 is 11.7. The molecule has 0 saturated carbocycles. The van der Waals surface area contributed by atoms with E-state index in [0.717, 1.165) is 36.4 Å². The van der Waals surface area contributed by atoms with Crippen LogP contribution in [0.25, 0.3) is 11.0 Å². The van der Waals surface area contributed by atoms with Crippen molar-refractivity contribution in [2.24, 2.45) is 0 Å². The third-order valence-electron chi connectivity index (χ3n) is 4.63. The Morgan fingerprint density at radius 1 is 1.27 bits per heavy atom. The van der Waals surface area contributed by atoms with Gasteiger partial charge in [-0.2, -0.15) is 0 Å². The monoisotopic (exact) mass is 320 g/mol. The summed E-state index contributed by atoms with van der Waals surface area (Å²) in [6.45, 7) is 13.1. The lowest BCUT2D eigenvalue weighted by Crippen LogP contribution is -2.41. The summed E-state index contributed by atoms with van der Waals surface area (Å²) in [6.07, 6.45) is 4.51. The third kappa shape index (κ3) is 3.70. The summed E-state index contributed by atoms with van der Waals surface area (Å²) in [6, 6.07) is 3.87. The first-order chi connectivity index (χ1) is 10.2. The van der Waals surface area contributed by atoms with Gasteiger partial charge in [0.05, 0.1) is 11.6 Å². The minimum Gasteiger partial charge on any atom is -0.464 e. The molecule has 0 aliphatic heterocycles. The fourth-order valence-electron chi connectivity index (χ4n) is 2.14. The first-order valence-corrected chi connectivity index (χ1v) is 10.8. The maximum atomic E-state index is 6.23. The second kappa shape index (κ2) is 6.42. The molecule has 2 aromatic heterocycles. The quantitative estimate of drug-likeness (QED) is 0.572. The molecule has 2 aromatic rings. The van der Waals surface area contributed by atoms with Gasteiger partial charge in [-0.05, 0) is 36.7 Å². The number of furan rings is 1. The van der Waals surface area contributed by atoms with Gasteiger partial charge in [-0.15, -0.1) is 0 Å². The Balaban J connectivity index is 1.89. The molecule has 0 aliphatic rings. The number of hydrogen-bond acceptors (Lipinski definition) is 4. The zero-order chi connectivity index (χ0) is 16.4. The molecule has 0 fully saturated rings. The molecule has 2 heterocycles. The highest BCUT2D eigenvalue weighted by atomic mass is 28.4. The van der Waals surface area contributed by atoms with Gasteiger partial charge in [0.1, 0.15) is 11.4 Å². The van der Waals surface area contributed by atoms with Crippen LogP contribution in [-0.4, -0.2) is 33.5 Å². The predicted octanol–water partition coefficient (Wildman–Crippen LogP) is 4.68. The van der Waals surface area contributed by atoms with Crippen LogP contribution in [0.4, 0.5) is 5.82 Å². The molecule has 5 heteroatoms. The van der Waals surface area contributed by atoms with E-state index in [2.05, 4.69) is 50.8 Å². The number of nitrogens with zero attached hydrogens (tertiary/aromatic N) is 2. The van der Waals surface area contributed by atoms with Crippen LogP contribution in [0.2, 0.25) is 18.1 Å². The van der Waals surface area contributed by atoms with Crippen LogP contribution < -0.4 is 4.90 Å². The van der Waals surface area contributed by atoms with Crippen molar-refractivity contribution in [3.8, 4) is 0 Å². The van der Waals surface area contributed by atoms with Crippen LogP contribution in [0.15, 0.2) is 29.0 Å². The third-order valence-corrected chi connectivity index (χ3v) is 9.17. The lowest BCUT2D eigenvalue weighted by atomic mass is 10.2. The Bertz CT molecular complexity index is 616. The molecule has 0 aromatic carbocycles. The second-order valence-corrected chi connectivity index (χ2v) is 12.2. The lowest BCUT2D eigenvalue weighted by molar-refractivity contribution is 0.284. The molecule has 0 unspecified atom stereocenters. The number of aromatic nitrogens is 1. The highest BCUT2D eigenvalue weighted by molar-refractivity contribution is 6.74. The number of hydrogen-bond donors (Lipinski definition) is 0. The van der Waals surface area contributed by atoms with E-state index in [1.54, 1.807) is 12.5 Å². The van der Waals surface area contributed by atoms with Crippen LogP contribution in [-0.2, 0) is 4.43 Å². The Hall–Kier alpha value is -1.33. The van der Waals surface area contributed by atoms with Crippen LogP contribution in [0.1, 0.15) is 27.2 Å². The smallest absolute Gasteiger partial charge is 0.191 e. The number of anilines is 1. The van der Waals surface area contributed by atoms with Crippen molar-refractivity contribution in [2.75, 3.05) is 25.1 Å². The summed E-state index contributed by atoms with van der Waals surface area (Å²) in [4.78, 5) is 6.65. The molecule has 0 spiro atoms. The molecule has 0 aliphatic carbocycles. The topological polar surface area (TPSA) is 38.5 Å². The number of rotatable bonds is 6. The molecule has 122 valence electrons. The molecular formula is C17H28N2O2Si. The van der Waals surface area contributed by atoms with Gasteiger partial charge in [0, 0.05) is 26.4 Å². The molecule has 0 saturated heterocycles. The van der Waals surface area contributed by atoms with Crippen LogP contribution in [0.3, 0.4) is 0 Å². The van der Waals surface area contributed by atoms with Gasteiger partial charge < -0.3 is 13.7 Å². The van der Waals surface area contributed by atoms with Gasteiger partial charge in [0.25, 0.3) is 0 Å². The van der Waals surface area contributed by atoms with Gasteiger partial charge >= 0.3 is 0 Å². The summed E-state index contributed by atoms with van der Waals surface area (Å²) in [7, 11) is 0.432. The Morgan fingerprint density at radius 3 is 2.68 bits per heavy atom. The molecular weight excluding hydrogens is 292 g/mol. The Kier molecular flexibility index (Phi) is 4.97. The van der Waals surface area contributed by atoms with Crippen molar-refractivity contribution in [1.29, 1.82) is 0 Å². The summed E-state index contributed by atoms with van der Waals surface area (Å²) in [5.41, 5.74) is 0.884. The van der Waals surface area contributed by atoms with E-state index >= 15 is 0 Å². The molecule has 2 rings (SSSR count). The molecule has 22 heavy (non-hydrogen) atoms. The number of fused-ring (bicyclic) bond motifs is 1. The van der Waals surface area contributed by atoms with Gasteiger partial charge in [0.15, 0.2) is 8.32 Å². The molecule has 0 bridgehead atoms. The SMILES string of the molecule is CN(CCCO[Si](C)(C)C(C)(C)C)c1nccc2occc12. The van der Waals surface area contributed by atoms with E-state index in [1.165, 1.54) is 0 Å². The van der Waals surface area contributed by atoms with E-state index in [-0.39, 0.29) is 5.04 Å². The van der Waals surface area contributed by atoms with E-state index in [9.17, 15) is 0 Å². The molecule has 0 amide bonds. The van der Waals surface area contributed by atoms with Crippen LogP contribution in [0.5, 0.6) is 0 Å². The Morgan fingerprint density at radius 2 is 2.00 bits per heavy atom. The fourth-order valence-corrected chi connectivity index (χ4v) is 3.22. The van der Waals surface area contributed by atoms with Crippen molar-refractivity contribution in [2.45, 2.75) is 45.3 Å². The second-order valence-electron chi connectivity index (χ2n) is 7.35. The van der Waals surface area contributed by atoms with Gasteiger partial charge in [-0.3, -0.25) is 0 Å². The van der Waals surface area contributed by atoms with Crippen LogP contribution >= 0.6 is 0 Å². The fraction of sp³-hybridized carbons (Fsp3) is 0.588. The summed E-state index contributed by atoms with van der Waals surface area (Å²) in [5.74, 6) is 0.971. The lowest BCUT2D eigenvalue weighted by Gasteiger charge is -2.36. The van der Waals surface area contributed by atoms with Gasteiger partial charge in [-0.1, -0.05) is 20.8 Å². The van der Waals surface area contributed by atoms with Gasteiger partial charge in [-0.25, -0.2) is 4.98 Å². The normalized spacial score (nSPS) is 12.8. The average Bonchev–Trinajstić information content (AvgIpc) is 2.90. The first-order valence-electron chi connectivity index (χ1n) is 7.90. The highest BCUT2D eigenvalue weighted by Gasteiger charge is 2.36. The van der Waals surface area contributed by atoms with Crippen LogP contribution in [0, 0.1) is 0 Å². The molecule has 0 N–H and O–H groups in total. The standard InChI is InChI=1S/C17H28N2O2Si/c1-17(2,3)22(5,6)21-12-7-11-19(4)16-14-9-13-20-15(14)8-10-18-16/h8-10,13H,7,11-12H2,1-6H3. The van der Waals surface area contributed by atoms with Crippen molar-refractivity contribution in [3.63, 3.8) is 0 Å². The average molecular weight is 321 g/mol. The highest BCUT2D eigenvalue weighted by Crippen LogP contribution is 2.36. The van der Waals surface area contributed by atoms with E-state index in [4.69, 9.17) is 8.84 Å². The molecule has 0 atom stereocenters. The predicted molar refractivity (Wildman–Crippen MR) is 95.0 cm³/mol. The van der Waals surface area contributed by atoms with Gasteiger partial charge in [0.2, 0.25) is 0 Å². The maximum absolute atomic E-state index is 6.23. The molecule has 4 nitrogen and oxygen atoms in total. The zero-order valence-corrected chi connectivity index (χ0v) is 15.6. The van der Waals surface area contributed by atoms with Crippen molar-refractivity contribution < 1.29 is 8.84 Å². The summed E-state index contributed by atoms with van der Waals surface area (Å²) >= 11 is 0. The maximum Gasteiger partial charge on any atom is 0.191 e. The molecule has 0 radical (unpaired) electrons. The van der Waals surface area contributed by atoms with E-state index < -0.39 is 8.32 Å².